The van der Waals surface area contributed by atoms with Crippen LogP contribution in [0.2, 0.25) is 0 Å². The van der Waals surface area contributed by atoms with Gasteiger partial charge in [0.05, 0.1) is 0 Å². The predicted molar refractivity (Wildman–Crippen MR) is 63.0 cm³/mol. The van der Waals surface area contributed by atoms with Crippen molar-refractivity contribution < 1.29 is 9.59 Å². The lowest BCUT2D eigenvalue weighted by Crippen LogP contribution is -2.57. The second-order valence-electron chi connectivity index (χ2n) is 5.97. The van der Waals surface area contributed by atoms with Gasteiger partial charge in [-0.3, -0.25) is 9.69 Å². The molecule has 0 spiro atoms. The van der Waals surface area contributed by atoms with E-state index in [-0.39, 0.29) is 29.4 Å². The lowest BCUT2D eigenvalue weighted by Gasteiger charge is -2.36. The average molecular weight is 226 g/mol. The zero-order valence-corrected chi connectivity index (χ0v) is 10.8. The average Bonchev–Trinajstić information content (AvgIpc) is 1.96. The van der Waals surface area contributed by atoms with Crippen molar-refractivity contribution in [2.75, 3.05) is 0 Å². The number of imide groups is 1. The molecule has 1 aliphatic heterocycles. The molecule has 92 valence electrons. The van der Waals surface area contributed by atoms with Gasteiger partial charge < -0.3 is 5.32 Å². The molecule has 1 rings (SSSR count). The summed E-state index contributed by atoms with van der Waals surface area (Å²) in [5, 5.41) is 2.90. The van der Waals surface area contributed by atoms with Crippen LogP contribution in [0, 0.1) is 5.41 Å². The largest absolute Gasteiger partial charge is 0.334 e. The van der Waals surface area contributed by atoms with Crippen LogP contribution in [0.1, 0.15) is 47.5 Å². The Kier molecular flexibility index (Phi) is 3.61. The Morgan fingerprint density at radius 1 is 1.38 bits per heavy atom. The highest BCUT2D eigenvalue weighted by Gasteiger charge is 2.34. The maximum atomic E-state index is 11.8. The number of carbonyl (C=O) groups excluding carboxylic acids is 2. The van der Waals surface area contributed by atoms with Crippen molar-refractivity contribution in [3.63, 3.8) is 0 Å². The standard InChI is InChI=1S/C12H22N2O2/c1-8(2)14-10(15)6-9(13-11(14)16)7-12(3,4)5/h8-9H,6-7H2,1-5H3,(H,13,16). The number of amides is 3. The lowest BCUT2D eigenvalue weighted by molar-refractivity contribution is -0.131. The van der Waals surface area contributed by atoms with Crippen molar-refractivity contribution in [3.05, 3.63) is 0 Å². The summed E-state index contributed by atoms with van der Waals surface area (Å²) in [5.74, 6) is -0.0620. The zero-order chi connectivity index (χ0) is 12.5. The molecule has 4 nitrogen and oxygen atoms in total. The van der Waals surface area contributed by atoms with Crippen LogP contribution < -0.4 is 5.32 Å². The van der Waals surface area contributed by atoms with E-state index < -0.39 is 0 Å². The smallest absolute Gasteiger partial charge is 0.324 e. The molecule has 16 heavy (non-hydrogen) atoms. The van der Waals surface area contributed by atoms with Crippen molar-refractivity contribution in [1.82, 2.24) is 10.2 Å². The number of rotatable bonds is 2. The molecule has 0 radical (unpaired) electrons. The number of urea groups is 1. The monoisotopic (exact) mass is 226 g/mol. The molecule has 1 N–H and O–H groups in total. The van der Waals surface area contributed by atoms with E-state index in [0.29, 0.717) is 6.42 Å². The minimum atomic E-state index is -0.250. The molecule has 4 heteroatoms. The maximum Gasteiger partial charge on any atom is 0.324 e. The Hall–Kier alpha value is -1.06. The Morgan fingerprint density at radius 3 is 2.31 bits per heavy atom. The third kappa shape index (κ3) is 3.22. The molecule has 1 atom stereocenters. The predicted octanol–water partition coefficient (Wildman–Crippen LogP) is 2.14. The Morgan fingerprint density at radius 2 is 1.94 bits per heavy atom. The number of hydrogen-bond donors (Lipinski definition) is 1. The fraction of sp³-hybridized carbons (Fsp3) is 0.833. The molecule has 1 heterocycles. The van der Waals surface area contributed by atoms with Crippen LogP contribution in [0.5, 0.6) is 0 Å². The highest BCUT2D eigenvalue weighted by atomic mass is 16.2. The van der Waals surface area contributed by atoms with Gasteiger partial charge in [0.15, 0.2) is 0 Å². The Bertz CT molecular complexity index is 274. The van der Waals surface area contributed by atoms with Crippen molar-refractivity contribution in [2.24, 2.45) is 5.41 Å². The first-order chi connectivity index (χ1) is 7.20. The van der Waals surface area contributed by atoms with E-state index in [2.05, 4.69) is 26.1 Å². The van der Waals surface area contributed by atoms with Crippen LogP contribution in [-0.2, 0) is 4.79 Å². The van der Waals surface area contributed by atoms with Crippen molar-refractivity contribution in [2.45, 2.75) is 59.5 Å². The van der Waals surface area contributed by atoms with Gasteiger partial charge in [0.2, 0.25) is 5.91 Å². The van der Waals surface area contributed by atoms with Crippen LogP contribution in [0.15, 0.2) is 0 Å². The summed E-state index contributed by atoms with van der Waals surface area (Å²) in [4.78, 5) is 24.8. The minimum Gasteiger partial charge on any atom is -0.334 e. The molecule has 0 saturated carbocycles. The van der Waals surface area contributed by atoms with Crippen molar-refractivity contribution >= 4 is 11.9 Å². The fourth-order valence-electron chi connectivity index (χ4n) is 2.10. The molecular weight excluding hydrogens is 204 g/mol. The van der Waals surface area contributed by atoms with Crippen LogP contribution in [-0.4, -0.2) is 28.9 Å². The minimum absolute atomic E-state index is 0.0185. The van der Waals surface area contributed by atoms with Gasteiger partial charge in [-0.05, 0) is 25.7 Å². The first-order valence-electron chi connectivity index (χ1n) is 5.83. The van der Waals surface area contributed by atoms with Gasteiger partial charge in [-0.15, -0.1) is 0 Å². The molecule has 0 aromatic heterocycles. The fourth-order valence-corrected chi connectivity index (χ4v) is 2.10. The molecular formula is C12H22N2O2. The maximum absolute atomic E-state index is 11.8. The lowest BCUT2D eigenvalue weighted by atomic mass is 9.86. The Labute approximate surface area is 97.4 Å². The van der Waals surface area contributed by atoms with Crippen LogP contribution in [0.3, 0.4) is 0 Å². The van der Waals surface area contributed by atoms with Crippen LogP contribution >= 0.6 is 0 Å². The van der Waals surface area contributed by atoms with Gasteiger partial charge in [-0.1, -0.05) is 20.8 Å². The summed E-state index contributed by atoms with van der Waals surface area (Å²) in [5.41, 5.74) is 0.123. The zero-order valence-electron chi connectivity index (χ0n) is 10.8. The van der Waals surface area contributed by atoms with E-state index in [9.17, 15) is 9.59 Å². The van der Waals surface area contributed by atoms with E-state index in [4.69, 9.17) is 0 Å². The summed E-state index contributed by atoms with van der Waals surface area (Å²) in [6.45, 7) is 10.0. The van der Waals surface area contributed by atoms with Crippen LogP contribution in [0.4, 0.5) is 4.79 Å². The summed E-state index contributed by atoms with van der Waals surface area (Å²) >= 11 is 0. The second kappa shape index (κ2) is 4.44. The van der Waals surface area contributed by atoms with Gasteiger partial charge >= 0.3 is 6.03 Å². The highest BCUT2D eigenvalue weighted by Crippen LogP contribution is 2.24. The third-order valence-electron chi connectivity index (χ3n) is 2.61. The molecule has 3 amide bonds. The molecule has 0 aromatic rings. The Balaban J connectivity index is 2.67. The third-order valence-corrected chi connectivity index (χ3v) is 2.61. The number of nitrogens with zero attached hydrogens (tertiary/aromatic N) is 1. The molecule has 1 saturated heterocycles. The first-order valence-corrected chi connectivity index (χ1v) is 5.83. The van der Waals surface area contributed by atoms with E-state index >= 15 is 0 Å². The molecule has 1 fully saturated rings. The number of nitrogens with one attached hydrogen (secondary N) is 1. The summed E-state index contributed by atoms with van der Waals surface area (Å²) in [6.07, 6.45) is 1.25. The van der Waals surface area contributed by atoms with Gasteiger partial charge in [0.25, 0.3) is 0 Å². The van der Waals surface area contributed by atoms with E-state index in [1.165, 1.54) is 4.90 Å². The molecule has 0 aromatic carbocycles. The molecule has 1 unspecified atom stereocenters. The summed E-state index contributed by atoms with van der Waals surface area (Å²) in [6, 6.07) is -0.335. The van der Waals surface area contributed by atoms with Gasteiger partial charge in [-0.25, -0.2) is 4.79 Å². The summed E-state index contributed by atoms with van der Waals surface area (Å²) < 4.78 is 0. The highest BCUT2D eigenvalue weighted by molar-refractivity contribution is 5.97. The molecule has 0 aliphatic carbocycles. The van der Waals surface area contributed by atoms with Gasteiger partial charge in [-0.2, -0.15) is 0 Å². The quantitative estimate of drug-likeness (QED) is 0.784. The molecule has 0 bridgehead atoms. The number of carbonyl (C=O) groups is 2. The van der Waals surface area contributed by atoms with Crippen molar-refractivity contribution in [1.29, 1.82) is 0 Å². The second-order valence-corrected chi connectivity index (χ2v) is 5.97. The number of hydrogen-bond acceptors (Lipinski definition) is 2. The van der Waals surface area contributed by atoms with Gasteiger partial charge in [0, 0.05) is 18.5 Å². The topological polar surface area (TPSA) is 49.4 Å². The molecule has 1 aliphatic rings. The normalized spacial score (nSPS) is 22.6. The van der Waals surface area contributed by atoms with Gasteiger partial charge in [0.1, 0.15) is 0 Å². The van der Waals surface area contributed by atoms with E-state index in [1.807, 2.05) is 13.8 Å². The van der Waals surface area contributed by atoms with Crippen LogP contribution in [0.25, 0.3) is 0 Å². The van der Waals surface area contributed by atoms with E-state index in [1.54, 1.807) is 0 Å². The first kappa shape index (κ1) is 13.0. The van der Waals surface area contributed by atoms with E-state index in [0.717, 1.165) is 6.42 Å². The van der Waals surface area contributed by atoms with Crippen molar-refractivity contribution in [3.8, 4) is 0 Å². The SMILES string of the molecule is CC(C)N1C(=O)CC(CC(C)(C)C)NC1=O. The summed E-state index contributed by atoms with van der Waals surface area (Å²) in [7, 11) is 0.